The average molecular weight is 187 g/mol. The highest BCUT2D eigenvalue weighted by atomic mass is 16.5. The van der Waals surface area contributed by atoms with E-state index in [9.17, 15) is 0 Å². The van der Waals surface area contributed by atoms with E-state index in [0.717, 1.165) is 19.1 Å². The second kappa shape index (κ2) is 8.52. The minimum atomic E-state index is 0.540. The lowest BCUT2D eigenvalue weighted by Gasteiger charge is -2.16. The van der Waals surface area contributed by atoms with Gasteiger partial charge in [-0.25, -0.2) is 0 Å². The largest absolute Gasteiger partial charge is 0.380 e. The summed E-state index contributed by atoms with van der Waals surface area (Å²) in [4.78, 5) is 0. The Balaban J connectivity index is 3.36. The molecule has 0 aromatic heterocycles. The van der Waals surface area contributed by atoms with E-state index >= 15 is 0 Å². The Labute approximate surface area is 83.1 Å². The topological polar surface area (TPSA) is 21.3 Å². The van der Waals surface area contributed by atoms with Crippen molar-refractivity contribution >= 4 is 0 Å². The Hall–Kier alpha value is -0.0800. The molecular formula is C11H25NO. The van der Waals surface area contributed by atoms with Crippen LogP contribution < -0.4 is 5.32 Å². The summed E-state index contributed by atoms with van der Waals surface area (Å²) in [6, 6.07) is 0.540. The molecule has 0 saturated heterocycles. The Morgan fingerprint density at radius 2 is 1.92 bits per heavy atom. The van der Waals surface area contributed by atoms with E-state index in [2.05, 4.69) is 19.2 Å². The van der Waals surface area contributed by atoms with Crippen LogP contribution in [0.15, 0.2) is 0 Å². The molecule has 0 fully saturated rings. The molecule has 0 aliphatic carbocycles. The van der Waals surface area contributed by atoms with Crippen molar-refractivity contribution in [1.82, 2.24) is 5.32 Å². The molecule has 0 aromatic carbocycles. The van der Waals surface area contributed by atoms with Gasteiger partial charge in [0.05, 0.1) is 6.61 Å². The van der Waals surface area contributed by atoms with E-state index in [1.165, 1.54) is 19.3 Å². The highest BCUT2D eigenvalue weighted by molar-refractivity contribution is 4.63. The lowest BCUT2D eigenvalue weighted by Crippen LogP contribution is -2.30. The van der Waals surface area contributed by atoms with Crippen LogP contribution in [0.5, 0.6) is 0 Å². The molecule has 0 aliphatic rings. The number of rotatable bonds is 8. The maximum absolute atomic E-state index is 5.38. The molecule has 0 aromatic rings. The van der Waals surface area contributed by atoms with Gasteiger partial charge in [0.2, 0.25) is 0 Å². The van der Waals surface area contributed by atoms with E-state index in [-0.39, 0.29) is 0 Å². The quantitative estimate of drug-likeness (QED) is 0.630. The second-order valence-electron chi connectivity index (χ2n) is 3.97. The minimum absolute atomic E-state index is 0.540. The first-order valence-electron chi connectivity index (χ1n) is 5.45. The standard InChI is InChI=1S/C11H25NO/c1-5-13-9-11(12-4)8-6-7-10(2)3/h10-12H,5-9H2,1-4H3. The molecular weight excluding hydrogens is 162 g/mol. The smallest absolute Gasteiger partial charge is 0.0619 e. The molecule has 0 heterocycles. The van der Waals surface area contributed by atoms with E-state index in [0.29, 0.717) is 6.04 Å². The number of hydrogen-bond acceptors (Lipinski definition) is 2. The summed E-state index contributed by atoms with van der Waals surface area (Å²) in [6.45, 7) is 8.27. The van der Waals surface area contributed by atoms with Crippen molar-refractivity contribution in [3.05, 3.63) is 0 Å². The van der Waals surface area contributed by atoms with Crippen molar-refractivity contribution in [1.29, 1.82) is 0 Å². The van der Waals surface area contributed by atoms with Crippen LogP contribution in [0.25, 0.3) is 0 Å². The van der Waals surface area contributed by atoms with Crippen LogP contribution in [0.3, 0.4) is 0 Å². The van der Waals surface area contributed by atoms with Gasteiger partial charge < -0.3 is 10.1 Å². The summed E-state index contributed by atoms with van der Waals surface area (Å²) in [6.07, 6.45) is 3.86. The first-order valence-corrected chi connectivity index (χ1v) is 5.45. The molecule has 2 nitrogen and oxygen atoms in total. The van der Waals surface area contributed by atoms with Crippen LogP contribution in [0, 0.1) is 5.92 Å². The molecule has 1 unspecified atom stereocenters. The molecule has 0 aliphatic heterocycles. The predicted molar refractivity (Wildman–Crippen MR) is 58.0 cm³/mol. The fourth-order valence-electron chi connectivity index (χ4n) is 1.34. The average Bonchev–Trinajstić information content (AvgIpc) is 2.10. The SMILES string of the molecule is CCOCC(CCCC(C)C)NC. The molecule has 0 bridgehead atoms. The molecule has 0 amide bonds. The highest BCUT2D eigenvalue weighted by Crippen LogP contribution is 2.08. The minimum Gasteiger partial charge on any atom is -0.380 e. The van der Waals surface area contributed by atoms with Gasteiger partial charge in [-0.15, -0.1) is 0 Å². The van der Waals surface area contributed by atoms with Gasteiger partial charge in [0.25, 0.3) is 0 Å². The van der Waals surface area contributed by atoms with Gasteiger partial charge >= 0.3 is 0 Å². The van der Waals surface area contributed by atoms with Crippen LogP contribution in [0.4, 0.5) is 0 Å². The van der Waals surface area contributed by atoms with Crippen molar-refractivity contribution in [3.8, 4) is 0 Å². The van der Waals surface area contributed by atoms with Gasteiger partial charge in [-0.2, -0.15) is 0 Å². The molecule has 80 valence electrons. The van der Waals surface area contributed by atoms with Crippen molar-refractivity contribution in [3.63, 3.8) is 0 Å². The van der Waals surface area contributed by atoms with Gasteiger partial charge in [0, 0.05) is 12.6 Å². The van der Waals surface area contributed by atoms with Crippen molar-refractivity contribution < 1.29 is 4.74 Å². The van der Waals surface area contributed by atoms with E-state index < -0.39 is 0 Å². The molecule has 2 heteroatoms. The Morgan fingerprint density at radius 3 is 2.38 bits per heavy atom. The van der Waals surface area contributed by atoms with Crippen LogP contribution in [0.1, 0.15) is 40.0 Å². The Bertz CT molecular complexity index is 104. The summed E-state index contributed by atoms with van der Waals surface area (Å²) < 4.78 is 5.38. The zero-order chi connectivity index (χ0) is 10.1. The van der Waals surface area contributed by atoms with Crippen molar-refractivity contribution in [2.24, 2.45) is 5.92 Å². The van der Waals surface area contributed by atoms with Crippen LogP contribution in [-0.2, 0) is 4.74 Å². The van der Waals surface area contributed by atoms with Gasteiger partial charge in [0.15, 0.2) is 0 Å². The Morgan fingerprint density at radius 1 is 1.23 bits per heavy atom. The van der Waals surface area contributed by atoms with Crippen LogP contribution in [0.2, 0.25) is 0 Å². The highest BCUT2D eigenvalue weighted by Gasteiger charge is 2.05. The summed E-state index contributed by atoms with van der Waals surface area (Å²) in [7, 11) is 2.01. The first kappa shape index (κ1) is 12.9. The zero-order valence-electron chi connectivity index (χ0n) is 9.60. The van der Waals surface area contributed by atoms with Gasteiger partial charge in [-0.1, -0.05) is 26.7 Å². The van der Waals surface area contributed by atoms with E-state index in [4.69, 9.17) is 4.74 Å². The molecule has 0 rings (SSSR count). The maximum Gasteiger partial charge on any atom is 0.0619 e. The number of hydrogen-bond donors (Lipinski definition) is 1. The summed E-state index contributed by atoms with van der Waals surface area (Å²) in [5.41, 5.74) is 0. The predicted octanol–water partition coefficient (Wildman–Crippen LogP) is 2.44. The van der Waals surface area contributed by atoms with E-state index in [1.807, 2.05) is 14.0 Å². The summed E-state index contributed by atoms with van der Waals surface area (Å²) >= 11 is 0. The summed E-state index contributed by atoms with van der Waals surface area (Å²) in [5, 5.41) is 3.29. The molecule has 1 atom stereocenters. The van der Waals surface area contributed by atoms with Gasteiger partial charge in [-0.05, 0) is 26.3 Å². The normalized spacial score (nSPS) is 13.6. The fraction of sp³-hybridized carbons (Fsp3) is 1.00. The zero-order valence-corrected chi connectivity index (χ0v) is 9.60. The second-order valence-corrected chi connectivity index (χ2v) is 3.97. The van der Waals surface area contributed by atoms with Gasteiger partial charge in [-0.3, -0.25) is 0 Å². The third kappa shape index (κ3) is 8.26. The Kier molecular flexibility index (Phi) is 8.46. The first-order chi connectivity index (χ1) is 6.20. The van der Waals surface area contributed by atoms with Gasteiger partial charge in [0.1, 0.15) is 0 Å². The number of likely N-dealkylation sites (N-methyl/N-ethyl adjacent to an activating group) is 1. The third-order valence-electron chi connectivity index (χ3n) is 2.27. The molecule has 0 spiro atoms. The molecule has 1 N–H and O–H groups in total. The van der Waals surface area contributed by atoms with Crippen molar-refractivity contribution in [2.75, 3.05) is 20.3 Å². The van der Waals surface area contributed by atoms with Crippen LogP contribution >= 0.6 is 0 Å². The summed E-state index contributed by atoms with van der Waals surface area (Å²) in [5.74, 6) is 0.824. The lowest BCUT2D eigenvalue weighted by molar-refractivity contribution is 0.121. The molecule has 0 radical (unpaired) electrons. The van der Waals surface area contributed by atoms with Crippen LogP contribution in [-0.4, -0.2) is 26.3 Å². The number of ether oxygens (including phenoxy) is 1. The third-order valence-corrected chi connectivity index (χ3v) is 2.27. The molecule has 0 saturated carbocycles. The van der Waals surface area contributed by atoms with Crippen molar-refractivity contribution in [2.45, 2.75) is 46.1 Å². The van der Waals surface area contributed by atoms with E-state index in [1.54, 1.807) is 0 Å². The fourth-order valence-corrected chi connectivity index (χ4v) is 1.34. The maximum atomic E-state index is 5.38. The lowest BCUT2D eigenvalue weighted by atomic mass is 10.0. The molecule has 13 heavy (non-hydrogen) atoms. The monoisotopic (exact) mass is 187 g/mol. The number of nitrogens with one attached hydrogen (secondary N) is 1.